The standard InChI is InChI=1S/C22H25N3O3S/c1-5-28-18-11-15(8-9-17(18)26)20-19(14(4)23-22(29)25-20)21(27)24-16-10-12(2)6-7-13(16)3/h6-11,20,26H,5H2,1-4H3,(H,24,27)(H2,23,25,29)/t20-/m1/s1. The lowest BCUT2D eigenvalue weighted by Crippen LogP contribution is -2.45. The van der Waals surface area contributed by atoms with Crippen molar-refractivity contribution in [2.24, 2.45) is 0 Å². The van der Waals surface area contributed by atoms with E-state index in [-0.39, 0.29) is 11.7 Å². The van der Waals surface area contributed by atoms with Gasteiger partial charge in [-0.25, -0.2) is 0 Å². The van der Waals surface area contributed by atoms with Crippen LogP contribution >= 0.6 is 12.2 Å². The molecule has 0 bridgehead atoms. The SMILES string of the molecule is CCOc1cc([C@H]2NC(=S)NC(C)=C2C(=O)Nc2cc(C)ccc2C)ccc1O. The van der Waals surface area contributed by atoms with Crippen LogP contribution in [-0.4, -0.2) is 22.7 Å². The highest BCUT2D eigenvalue weighted by Crippen LogP contribution is 2.34. The predicted octanol–water partition coefficient (Wildman–Crippen LogP) is 3.84. The molecule has 6 nitrogen and oxygen atoms in total. The number of allylic oxidation sites excluding steroid dienone is 1. The largest absolute Gasteiger partial charge is 0.504 e. The summed E-state index contributed by atoms with van der Waals surface area (Å²) in [5.74, 6) is 0.187. The minimum absolute atomic E-state index is 0.0502. The van der Waals surface area contributed by atoms with E-state index >= 15 is 0 Å². The molecule has 0 aromatic heterocycles. The molecule has 152 valence electrons. The number of hydrogen-bond acceptors (Lipinski definition) is 4. The van der Waals surface area contributed by atoms with Gasteiger partial charge in [-0.1, -0.05) is 18.2 Å². The topological polar surface area (TPSA) is 82.6 Å². The van der Waals surface area contributed by atoms with Crippen LogP contribution in [0.25, 0.3) is 0 Å². The van der Waals surface area contributed by atoms with Crippen LogP contribution in [0.15, 0.2) is 47.7 Å². The van der Waals surface area contributed by atoms with Gasteiger partial charge in [-0.05, 0) is 74.8 Å². The van der Waals surface area contributed by atoms with Crippen molar-refractivity contribution in [2.75, 3.05) is 11.9 Å². The molecular formula is C22H25N3O3S. The van der Waals surface area contributed by atoms with E-state index in [2.05, 4.69) is 16.0 Å². The number of aryl methyl sites for hydroxylation is 2. The maximum Gasteiger partial charge on any atom is 0.255 e. The molecule has 3 rings (SSSR count). The number of benzene rings is 2. The Balaban J connectivity index is 1.99. The lowest BCUT2D eigenvalue weighted by molar-refractivity contribution is -0.113. The number of rotatable bonds is 5. The number of hydrogen-bond donors (Lipinski definition) is 4. The highest BCUT2D eigenvalue weighted by atomic mass is 32.1. The zero-order valence-corrected chi connectivity index (χ0v) is 17.7. The number of thiocarbonyl (C=S) groups is 1. The fourth-order valence-electron chi connectivity index (χ4n) is 3.29. The highest BCUT2D eigenvalue weighted by Gasteiger charge is 2.30. The quantitative estimate of drug-likeness (QED) is 0.560. The minimum Gasteiger partial charge on any atom is -0.504 e. The van der Waals surface area contributed by atoms with Crippen molar-refractivity contribution >= 4 is 28.9 Å². The van der Waals surface area contributed by atoms with Gasteiger partial charge < -0.3 is 25.8 Å². The van der Waals surface area contributed by atoms with E-state index in [1.807, 2.05) is 45.9 Å². The molecule has 29 heavy (non-hydrogen) atoms. The normalized spacial score (nSPS) is 16.1. The first-order valence-electron chi connectivity index (χ1n) is 9.42. The van der Waals surface area contributed by atoms with Crippen LogP contribution in [0.2, 0.25) is 0 Å². The van der Waals surface area contributed by atoms with Gasteiger partial charge in [0.05, 0.1) is 18.2 Å². The Morgan fingerprint density at radius 3 is 2.69 bits per heavy atom. The average Bonchev–Trinajstić information content (AvgIpc) is 2.66. The summed E-state index contributed by atoms with van der Waals surface area (Å²) in [7, 11) is 0. The molecule has 7 heteroatoms. The third-order valence-corrected chi connectivity index (χ3v) is 4.99. The van der Waals surface area contributed by atoms with Crippen molar-refractivity contribution in [3.05, 3.63) is 64.4 Å². The van der Waals surface area contributed by atoms with E-state index in [0.29, 0.717) is 28.7 Å². The summed E-state index contributed by atoms with van der Waals surface area (Å²) < 4.78 is 5.50. The molecule has 1 atom stereocenters. The van der Waals surface area contributed by atoms with Crippen molar-refractivity contribution in [2.45, 2.75) is 33.7 Å². The second-order valence-electron chi connectivity index (χ2n) is 7.00. The molecule has 0 radical (unpaired) electrons. The molecule has 0 aliphatic carbocycles. The first kappa shape index (κ1) is 20.7. The first-order valence-corrected chi connectivity index (χ1v) is 9.83. The number of nitrogens with one attached hydrogen (secondary N) is 3. The Kier molecular flexibility index (Phi) is 6.08. The summed E-state index contributed by atoms with van der Waals surface area (Å²) >= 11 is 5.31. The molecule has 1 amide bonds. The zero-order chi connectivity index (χ0) is 21.1. The summed E-state index contributed by atoms with van der Waals surface area (Å²) in [6, 6.07) is 10.5. The van der Waals surface area contributed by atoms with Crippen LogP contribution < -0.4 is 20.7 Å². The van der Waals surface area contributed by atoms with Crippen molar-refractivity contribution in [1.82, 2.24) is 10.6 Å². The molecule has 2 aromatic rings. The third-order valence-electron chi connectivity index (χ3n) is 4.77. The summed E-state index contributed by atoms with van der Waals surface area (Å²) in [6.07, 6.45) is 0. The van der Waals surface area contributed by atoms with Gasteiger partial charge in [-0.15, -0.1) is 0 Å². The average molecular weight is 412 g/mol. The Bertz CT molecular complexity index is 1000. The van der Waals surface area contributed by atoms with E-state index < -0.39 is 6.04 Å². The van der Waals surface area contributed by atoms with Gasteiger partial charge >= 0.3 is 0 Å². The Labute approximate surface area is 176 Å². The number of phenolic OH excluding ortho intramolecular Hbond substituents is 1. The number of aromatic hydroxyl groups is 1. The molecule has 0 spiro atoms. The van der Waals surface area contributed by atoms with Crippen LogP contribution in [0.1, 0.15) is 36.6 Å². The van der Waals surface area contributed by atoms with Gasteiger partial charge in [0.2, 0.25) is 0 Å². The van der Waals surface area contributed by atoms with Crippen LogP contribution in [0.5, 0.6) is 11.5 Å². The Morgan fingerprint density at radius 2 is 1.97 bits per heavy atom. The zero-order valence-electron chi connectivity index (χ0n) is 16.9. The number of anilines is 1. The number of amides is 1. The maximum atomic E-state index is 13.2. The molecular weight excluding hydrogens is 386 g/mol. The molecule has 0 saturated carbocycles. The highest BCUT2D eigenvalue weighted by molar-refractivity contribution is 7.80. The summed E-state index contributed by atoms with van der Waals surface area (Å²) in [5, 5.41) is 19.7. The van der Waals surface area contributed by atoms with E-state index in [9.17, 15) is 9.90 Å². The number of carbonyl (C=O) groups is 1. The fourth-order valence-corrected chi connectivity index (χ4v) is 3.56. The third kappa shape index (κ3) is 4.51. The van der Waals surface area contributed by atoms with Gasteiger partial charge in [0.25, 0.3) is 5.91 Å². The smallest absolute Gasteiger partial charge is 0.255 e. The lowest BCUT2D eigenvalue weighted by atomic mass is 9.94. The molecule has 0 unspecified atom stereocenters. The molecule has 0 fully saturated rings. The summed E-state index contributed by atoms with van der Waals surface area (Å²) in [5.41, 5.74) is 4.77. The van der Waals surface area contributed by atoms with Crippen molar-refractivity contribution < 1.29 is 14.6 Å². The maximum absolute atomic E-state index is 13.2. The lowest BCUT2D eigenvalue weighted by Gasteiger charge is -2.30. The van der Waals surface area contributed by atoms with E-state index in [1.165, 1.54) is 0 Å². The van der Waals surface area contributed by atoms with Gasteiger partial charge in [0, 0.05) is 11.4 Å². The Morgan fingerprint density at radius 1 is 1.21 bits per heavy atom. The van der Waals surface area contributed by atoms with Gasteiger partial charge in [-0.3, -0.25) is 4.79 Å². The van der Waals surface area contributed by atoms with Crippen molar-refractivity contribution in [1.29, 1.82) is 0 Å². The number of phenols is 1. The van der Waals surface area contributed by atoms with Gasteiger partial charge in [-0.2, -0.15) is 0 Å². The van der Waals surface area contributed by atoms with Crippen molar-refractivity contribution in [3.63, 3.8) is 0 Å². The molecule has 1 aliphatic heterocycles. The first-order chi connectivity index (χ1) is 13.8. The van der Waals surface area contributed by atoms with Crippen LogP contribution in [0, 0.1) is 13.8 Å². The summed E-state index contributed by atoms with van der Waals surface area (Å²) in [4.78, 5) is 13.2. The second-order valence-corrected chi connectivity index (χ2v) is 7.41. The monoisotopic (exact) mass is 411 g/mol. The van der Waals surface area contributed by atoms with Gasteiger partial charge in [0.15, 0.2) is 16.6 Å². The van der Waals surface area contributed by atoms with E-state index in [1.54, 1.807) is 18.2 Å². The molecule has 1 aliphatic rings. The van der Waals surface area contributed by atoms with Crippen LogP contribution in [0.3, 0.4) is 0 Å². The number of carbonyl (C=O) groups excluding carboxylic acids is 1. The molecule has 1 heterocycles. The van der Waals surface area contributed by atoms with Crippen LogP contribution in [-0.2, 0) is 4.79 Å². The summed E-state index contributed by atoms with van der Waals surface area (Å²) in [6.45, 7) is 8.02. The van der Waals surface area contributed by atoms with Gasteiger partial charge in [0.1, 0.15) is 0 Å². The van der Waals surface area contributed by atoms with E-state index in [4.69, 9.17) is 17.0 Å². The fraction of sp³-hybridized carbons (Fsp3) is 0.273. The molecule has 4 N–H and O–H groups in total. The Hall–Kier alpha value is -3.06. The second kappa shape index (κ2) is 8.53. The van der Waals surface area contributed by atoms with Crippen molar-refractivity contribution in [3.8, 4) is 11.5 Å². The minimum atomic E-state index is -0.478. The predicted molar refractivity (Wildman–Crippen MR) is 118 cm³/mol. The van der Waals surface area contributed by atoms with Crippen LogP contribution in [0.4, 0.5) is 5.69 Å². The van der Waals surface area contributed by atoms with E-state index in [0.717, 1.165) is 22.4 Å². The number of ether oxygens (including phenoxy) is 1. The molecule has 2 aromatic carbocycles. The molecule has 0 saturated heterocycles.